The van der Waals surface area contributed by atoms with Crippen LogP contribution in [-0.2, 0) is 0 Å². The van der Waals surface area contributed by atoms with Crippen molar-refractivity contribution in [2.45, 2.75) is 6.92 Å². The predicted molar refractivity (Wildman–Crippen MR) is 83.2 cm³/mol. The Morgan fingerprint density at radius 2 is 2.05 bits per heavy atom. The highest BCUT2D eigenvalue weighted by atomic mass is 32.1. The van der Waals surface area contributed by atoms with E-state index in [4.69, 9.17) is 5.73 Å². The Morgan fingerprint density at radius 3 is 2.85 bits per heavy atom. The Labute approximate surface area is 120 Å². The maximum atomic E-state index is 12.2. The predicted octanol–water partition coefficient (Wildman–Crippen LogP) is 3.44. The fraction of sp³-hybridized carbons (Fsp3) is 0.0667. The molecule has 0 unspecified atom stereocenters. The maximum Gasteiger partial charge on any atom is 0.257 e. The molecular weight excluding hydrogens is 270 g/mol. The largest absolute Gasteiger partial charge is 0.398 e. The van der Waals surface area contributed by atoms with Gasteiger partial charge in [0.05, 0.1) is 20.8 Å². The van der Waals surface area contributed by atoms with Gasteiger partial charge in [-0.2, -0.15) is 0 Å². The van der Waals surface area contributed by atoms with Gasteiger partial charge in [0.1, 0.15) is 0 Å². The molecular formula is C15H13N3OS. The molecule has 3 aromatic rings. The van der Waals surface area contributed by atoms with Crippen molar-refractivity contribution in [2.24, 2.45) is 0 Å². The lowest BCUT2D eigenvalue weighted by atomic mass is 10.1. The average Bonchev–Trinajstić information content (AvgIpc) is 2.78. The highest BCUT2D eigenvalue weighted by Crippen LogP contribution is 2.25. The fourth-order valence-electron chi connectivity index (χ4n) is 2.02. The van der Waals surface area contributed by atoms with E-state index in [1.165, 1.54) is 0 Å². The van der Waals surface area contributed by atoms with Crippen molar-refractivity contribution in [3.05, 3.63) is 53.0 Å². The van der Waals surface area contributed by atoms with Gasteiger partial charge in [0.25, 0.3) is 5.91 Å². The van der Waals surface area contributed by atoms with E-state index in [9.17, 15) is 4.79 Å². The molecule has 0 aliphatic heterocycles. The third-order valence-corrected chi connectivity index (χ3v) is 3.89. The molecule has 0 bridgehead atoms. The molecule has 0 spiro atoms. The first-order valence-electron chi connectivity index (χ1n) is 6.16. The number of benzene rings is 2. The zero-order chi connectivity index (χ0) is 14.1. The molecule has 3 N–H and O–H groups in total. The van der Waals surface area contributed by atoms with E-state index in [1.807, 2.05) is 25.1 Å². The molecule has 0 saturated carbocycles. The number of aromatic nitrogens is 1. The number of amides is 1. The van der Waals surface area contributed by atoms with E-state index in [0.29, 0.717) is 11.3 Å². The van der Waals surface area contributed by atoms with Gasteiger partial charge in [-0.05, 0) is 37.3 Å². The summed E-state index contributed by atoms with van der Waals surface area (Å²) < 4.78 is 1.06. The van der Waals surface area contributed by atoms with Crippen molar-refractivity contribution in [3.8, 4) is 0 Å². The summed E-state index contributed by atoms with van der Waals surface area (Å²) in [5.74, 6) is -0.205. The number of carbonyl (C=O) groups excluding carboxylic acids is 1. The monoisotopic (exact) mass is 283 g/mol. The number of hydrogen-bond donors (Lipinski definition) is 2. The van der Waals surface area contributed by atoms with Crippen LogP contribution in [0.15, 0.2) is 42.5 Å². The van der Waals surface area contributed by atoms with Gasteiger partial charge in [0, 0.05) is 11.4 Å². The number of thiazole rings is 1. The quantitative estimate of drug-likeness (QED) is 0.708. The molecule has 4 nitrogen and oxygen atoms in total. The summed E-state index contributed by atoms with van der Waals surface area (Å²) in [6, 6.07) is 12.7. The van der Waals surface area contributed by atoms with Gasteiger partial charge in [-0.25, -0.2) is 4.98 Å². The number of para-hydroxylation sites is 1. The highest BCUT2D eigenvalue weighted by Gasteiger charge is 2.10. The standard InChI is InChI=1S/C15H13N3OS/c1-9-17-13-7-6-10(8-14(13)20-9)18-15(19)11-4-2-3-5-12(11)16/h2-8H,16H2,1H3,(H,18,19). The van der Waals surface area contributed by atoms with Crippen LogP contribution in [0.25, 0.3) is 10.2 Å². The summed E-state index contributed by atoms with van der Waals surface area (Å²) in [5, 5.41) is 3.87. The van der Waals surface area contributed by atoms with Crippen LogP contribution < -0.4 is 11.1 Å². The van der Waals surface area contributed by atoms with Gasteiger partial charge >= 0.3 is 0 Å². The number of rotatable bonds is 2. The van der Waals surface area contributed by atoms with Crippen LogP contribution in [-0.4, -0.2) is 10.9 Å². The number of hydrogen-bond acceptors (Lipinski definition) is 4. The second kappa shape index (κ2) is 4.94. The topological polar surface area (TPSA) is 68.0 Å². The van der Waals surface area contributed by atoms with Crippen molar-refractivity contribution >= 4 is 38.8 Å². The van der Waals surface area contributed by atoms with Crippen molar-refractivity contribution in [2.75, 3.05) is 11.1 Å². The zero-order valence-corrected chi connectivity index (χ0v) is 11.7. The lowest BCUT2D eigenvalue weighted by molar-refractivity contribution is 0.102. The molecule has 0 fully saturated rings. The van der Waals surface area contributed by atoms with Gasteiger partial charge in [0.2, 0.25) is 0 Å². The smallest absolute Gasteiger partial charge is 0.257 e. The minimum Gasteiger partial charge on any atom is -0.398 e. The Balaban J connectivity index is 1.89. The Bertz CT molecular complexity index is 795. The lowest BCUT2D eigenvalue weighted by Gasteiger charge is -2.07. The minimum atomic E-state index is -0.205. The molecule has 20 heavy (non-hydrogen) atoms. The van der Waals surface area contributed by atoms with Crippen molar-refractivity contribution in [1.29, 1.82) is 0 Å². The highest BCUT2D eigenvalue weighted by molar-refractivity contribution is 7.18. The van der Waals surface area contributed by atoms with E-state index in [2.05, 4.69) is 10.3 Å². The second-order valence-corrected chi connectivity index (χ2v) is 5.69. The van der Waals surface area contributed by atoms with E-state index < -0.39 is 0 Å². The molecule has 0 aliphatic rings. The van der Waals surface area contributed by atoms with Crippen LogP contribution in [0.5, 0.6) is 0 Å². The summed E-state index contributed by atoms with van der Waals surface area (Å²) in [6.07, 6.45) is 0. The third-order valence-electron chi connectivity index (χ3n) is 2.96. The Morgan fingerprint density at radius 1 is 1.25 bits per heavy atom. The molecule has 5 heteroatoms. The number of fused-ring (bicyclic) bond motifs is 1. The molecule has 3 rings (SSSR count). The molecule has 1 amide bonds. The number of carbonyl (C=O) groups is 1. The van der Waals surface area contributed by atoms with Crippen LogP contribution in [0, 0.1) is 6.92 Å². The van der Waals surface area contributed by atoms with Gasteiger partial charge in [-0.15, -0.1) is 11.3 Å². The van der Waals surface area contributed by atoms with Crippen molar-refractivity contribution < 1.29 is 4.79 Å². The molecule has 0 atom stereocenters. The minimum absolute atomic E-state index is 0.205. The van der Waals surface area contributed by atoms with E-state index in [1.54, 1.807) is 35.6 Å². The van der Waals surface area contributed by atoms with Crippen LogP contribution in [0.3, 0.4) is 0 Å². The second-order valence-electron chi connectivity index (χ2n) is 4.46. The molecule has 2 aromatic carbocycles. The first-order chi connectivity index (χ1) is 9.63. The molecule has 1 heterocycles. The summed E-state index contributed by atoms with van der Waals surface area (Å²) in [6.45, 7) is 1.97. The number of aryl methyl sites for hydroxylation is 1. The first kappa shape index (κ1) is 12.6. The van der Waals surface area contributed by atoms with E-state index in [-0.39, 0.29) is 5.91 Å². The summed E-state index contributed by atoms with van der Waals surface area (Å²) in [5.41, 5.74) is 8.45. The molecule has 0 saturated heterocycles. The Kier molecular flexibility index (Phi) is 3.12. The fourth-order valence-corrected chi connectivity index (χ4v) is 2.89. The summed E-state index contributed by atoms with van der Waals surface area (Å²) in [7, 11) is 0. The van der Waals surface area contributed by atoms with Gasteiger partial charge in [-0.1, -0.05) is 12.1 Å². The van der Waals surface area contributed by atoms with Crippen molar-refractivity contribution in [3.63, 3.8) is 0 Å². The Hall–Kier alpha value is -2.40. The van der Waals surface area contributed by atoms with E-state index in [0.717, 1.165) is 20.9 Å². The van der Waals surface area contributed by atoms with Gasteiger partial charge in [-0.3, -0.25) is 4.79 Å². The number of nitrogens with zero attached hydrogens (tertiary/aromatic N) is 1. The molecule has 1 aromatic heterocycles. The zero-order valence-electron chi connectivity index (χ0n) is 10.9. The van der Waals surface area contributed by atoms with Gasteiger partial charge in [0.15, 0.2) is 0 Å². The van der Waals surface area contributed by atoms with Crippen LogP contribution in [0.2, 0.25) is 0 Å². The lowest BCUT2D eigenvalue weighted by Crippen LogP contribution is -2.13. The van der Waals surface area contributed by atoms with E-state index >= 15 is 0 Å². The molecule has 0 aliphatic carbocycles. The summed E-state index contributed by atoms with van der Waals surface area (Å²) in [4.78, 5) is 16.6. The third kappa shape index (κ3) is 2.35. The van der Waals surface area contributed by atoms with Crippen LogP contribution in [0.1, 0.15) is 15.4 Å². The van der Waals surface area contributed by atoms with Crippen LogP contribution >= 0.6 is 11.3 Å². The molecule has 0 radical (unpaired) electrons. The van der Waals surface area contributed by atoms with Crippen molar-refractivity contribution in [1.82, 2.24) is 4.98 Å². The molecule has 100 valence electrons. The number of nitrogens with two attached hydrogens (primary N) is 1. The number of nitrogen functional groups attached to an aromatic ring is 1. The van der Waals surface area contributed by atoms with Gasteiger partial charge < -0.3 is 11.1 Å². The first-order valence-corrected chi connectivity index (χ1v) is 6.98. The number of nitrogens with one attached hydrogen (secondary N) is 1. The maximum absolute atomic E-state index is 12.2. The normalized spacial score (nSPS) is 10.7. The van der Waals surface area contributed by atoms with Crippen LogP contribution in [0.4, 0.5) is 11.4 Å². The summed E-state index contributed by atoms with van der Waals surface area (Å²) >= 11 is 1.61. The number of anilines is 2. The SMILES string of the molecule is Cc1nc2ccc(NC(=O)c3ccccc3N)cc2s1. The average molecular weight is 283 g/mol.